The van der Waals surface area contributed by atoms with Gasteiger partial charge in [-0.15, -0.1) is 11.3 Å². The summed E-state index contributed by atoms with van der Waals surface area (Å²) in [4.78, 5) is 20.4. The minimum absolute atomic E-state index is 0.227. The van der Waals surface area contributed by atoms with E-state index in [2.05, 4.69) is 11.8 Å². The standard InChI is InChI=1S/C8H4O3S/c9-3-1-2-6-4-7(8(10)11)12-5-6/h3-5H,(H,10,11). The van der Waals surface area contributed by atoms with Crippen molar-refractivity contribution < 1.29 is 14.7 Å². The number of aromatic carboxylic acids is 1. The summed E-state index contributed by atoms with van der Waals surface area (Å²) in [6.07, 6.45) is 0.470. The van der Waals surface area contributed by atoms with Crippen LogP contribution >= 0.6 is 11.3 Å². The maximum absolute atomic E-state index is 10.4. The molecule has 0 saturated heterocycles. The van der Waals surface area contributed by atoms with E-state index >= 15 is 0 Å². The highest BCUT2D eigenvalue weighted by molar-refractivity contribution is 7.12. The number of hydrogen-bond acceptors (Lipinski definition) is 3. The van der Waals surface area contributed by atoms with Crippen LogP contribution in [0.25, 0.3) is 0 Å². The highest BCUT2D eigenvalue weighted by atomic mass is 32.1. The molecule has 0 bridgehead atoms. The van der Waals surface area contributed by atoms with Gasteiger partial charge in [0.15, 0.2) is 6.29 Å². The van der Waals surface area contributed by atoms with Crippen LogP contribution in [0.15, 0.2) is 11.4 Å². The van der Waals surface area contributed by atoms with Crippen molar-refractivity contribution in [3.8, 4) is 11.8 Å². The first-order chi connectivity index (χ1) is 5.74. The van der Waals surface area contributed by atoms with Crippen molar-refractivity contribution in [3.63, 3.8) is 0 Å². The number of carbonyl (C=O) groups is 2. The van der Waals surface area contributed by atoms with E-state index in [9.17, 15) is 9.59 Å². The Labute approximate surface area is 72.6 Å². The molecular formula is C8H4O3S. The van der Waals surface area contributed by atoms with E-state index in [0.29, 0.717) is 11.8 Å². The molecule has 3 nitrogen and oxygen atoms in total. The lowest BCUT2D eigenvalue weighted by atomic mass is 10.3. The number of aldehydes is 1. The molecule has 0 aliphatic carbocycles. The lowest BCUT2D eigenvalue weighted by molar-refractivity contribution is -0.103. The Morgan fingerprint density at radius 3 is 2.92 bits per heavy atom. The Bertz CT molecular complexity index is 367. The molecule has 0 radical (unpaired) electrons. The predicted octanol–water partition coefficient (Wildman–Crippen LogP) is 0.997. The van der Waals surface area contributed by atoms with Crippen LogP contribution in [0, 0.1) is 11.8 Å². The summed E-state index contributed by atoms with van der Waals surface area (Å²) >= 11 is 1.09. The second-order valence-electron chi connectivity index (χ2n) is 1.89. The fourth-order valence-electron chi connectivity index (χ4n) is 0.627. The molecule has 1 rings (SSSR count). The van der Waals surface area contributed by atoms with Gasteiger partial charge in [0.25, 0.3) is 0 Å². The summed E-state index contributed by atoms with van der Waals surface area (Å²) < 4.78 is 0. The van der Waals surface area contributed by atoms with Gasteiger partial charge >= 0.3 is 5.97 Å². The molecule has 0 unspecified atom stereocenters. The first kappa shape index (κ1) is 8.50. The number of carbonyl (C=O) groups excluding carboxylic acids is 1. The fourth-order valence-corrected chi connectivity index (χ4v) is 1.30. The monoisotopic (exact) mass is 180 g/mol. The summed E-state index contributed by atoms with van der Waals surface area (Å²) in [5.41, 5.74) is 0.560. The van der Waals surface area contributed by atoms with Crippen molar-refractivity contribution >= 4 is 23.6 Å². The van der Waals surface area contributed by atoms with Crippen LogP contribution in [0.5, 0.6) is 0 Å². The molecule has 12 heavy (non-hydrogen) atoms. The molecule has 60 valence electrons. The van der Waals surface area contributed by atoms with Gasteiger partial charge in [0.05, 0.1) is 0 Å². The maximum atomic E-state index is 10.4. The van der Waals surface area contributed by atoms with E-state index in [1.54, 1.807) is 5.38 Å². The number of thiophene rings is 1. The molecule has 0 fully saturated rings. The van der Waals surface area contributed by atoms with Crippen LogP contribution in [0.3, 0.4) is 0 Å². The van der Waals surface area contributed by atoms with Crippen LogP contribution in [0.2, 0.25) is 0 Å². The van der Waals surface area contributed by atoms with Crippen LogP contribution in [-0.4, -0.2) is 17.4 Å². The molecule has 1 N–H and O–H groups in total. The molecule has 1 aromatic heterocycles. The molecule has 0 aliphatic rings. The predicted molar refractivity (Wildman–Crippen MR) is 44.2 cm³/mol. The third-order valence-corrected chi connectivity index (χ3v) is 2.00. The van der Waals surface area contributed by atoms with E-state index in [1.807, 2.05) is 0 Å². The number of carboxylic acids is 1. The van der Waals surface area contributed by atoms with Gasteiger partial charge in [0, 0.05) is 10.9 Å². The summed E-state index contributed by atoms with van der Waals surface area (Å²) in [5, 5.41) is 10.1. The zero-order valence-corrected chi connectivity index (χ0v) is 6.72. The Balaban J connectivity index is 2.91. The summed E-state index contributed by atoms with van der Waals surface area (Å²) in [7, 11) is 0. The third kappa shape index (κ3) is 1.94. The van der Waals surface area contributed by atoms with Crippen molar-refractivity contribution in [1.82, 2.24) is 0 Å². The van der Waals surface area contributed by atoms with E-state index in [1.165, 1.54) is 6.07 Å². The molecule has 0 amide bonds. The maximum Gasteiger partial charge on any atom is 0.345 e. The number of carboxylic acid groups (broad SMARTS) is 1. The lowest BCUT2D eigenvalue weighted by Gasteiger charge is -1.79. The minimum atomic E-state index is -0.973. The number of rotatable bonds is 1. The summed E-state index contributed by atoms with van der Waals surface area (Å²) in [6.45, 7) is 0. The minimum Gasteiger partial charge on any atom is -0.477 e. The first-order valence-corrected chi connectivity index (χ1v) is 3.89. The summed E-state index contributed by atoms with van der Waals surface area (Å²) in [6, 6.07) is 1.43. The van der Waals surface area contributed by atoms with Gasteiger partial charge in [-0.2, -0.15) is 0 Å². The van der Waals surface area contributed by atoms with Crippen molar-refractivity contribution in [2.45, 2.75) is 0 Å². The van der Waals surface area contributed by atoms with E-state index in [0.717, 1.165) is 11.3 Å². The first-order valence-electron chi connectivity index (χ1n) is 3.01. The van der Waals surface area contributed by atoms with Crippen molar-refractivity contribution in [2.75, 3.05) is 0 Å². The topological polar surface area (TPSA) is 54.4 Å². The smallest absolute Gasteiger partial charge is 0.345 e. The summed E-state index contributed by atoms with van der Waals surface area (Å²) in [5.74, 6) is 3.73. The highest BCUT2D eigenvalue weighted by Gasteiger charge is 2.04. The molecule has 0 aromatic carbocycles. The lowest BCUT2D eigenvalue weighted by Crippen LogP contribution is -1.89. The van der Waals surface area contributed by atoms with Crippen molar-refractivity contribution in [3.05, 3.63) is 21.9 Å². The normalized spacial score (nSPS) is 8.33. The fraction of sp³-hybridized carbons (Fsp3) is 0. The van der Waals surface area contributed by atoms with Gasteiger partial charge in [-0.3, -0.25) is 4.79 Å². The molecule has 0 spiro atoms. The zero-order chi connectivity index (χ0) is 8.97. The van der Waals surface area contributed by atoms with Crippen LogP contribution in [-0.2, 0) is 4.79 Å². The van der Waals surface area contributed by atoms with Crippen molar-refractivity contribution in [2.24, 2.45) is 0 Å². The molecule has 0 saturated carbocycles. The van der Waals surface area contributed by atoms with Gasteiger partial charge < -0.3 is 5.11 Å². The highest BCUT2D eigenvalue weighted by Crippen LogP contribution is 2.13. The molecule has 0 atom stereocenters. The second kappa shape index (κ2) is 3.69. The van der Waals surface area contributed by atoms with Crippen LogP contribution < -0.4 is 0 Å². The van der Waals surface area contributed by atoms with Gasteiger partial charge in [0.1, 0.15) is 4.88 Å². The molecule has 4 heteroatoms. The Morgan fingerprint density at radius 2 is 2.42 bits per heavy atom. The zero-order valence-electron chi connectivity index (χ0n) is 5.90. The van der Waals surface area contributed by atoms with E-state index in [4.69, 9.17) is 5.11 Å². The second-order valence-corrected chi connectivity index (χ2v) is 2.80. The van der Waals surface area contributed by atoms with Crippen LogP contribution in [0.4, 0.5) is 0 Å². The Kier molecular flexibility index (Phi) is 2.62. The van der Waals surface area contributed by atoms with Gasteiger partial charge in [-0.05, 0) is 12.0 Å². The van der Waals surface area contributed by atoms with Gasteiger partial charge in [0.2, 0.25) is 0 Å². The molecule has 1 aromatic rings. The van der Waals surface area contributed by atoms with Crippen molar-refractivity contribution in [1.29, 1.82) is 0 Å². The quantitative estimate of drug-likeness (QED) is 0.518. The Morgan fingerprint density at radius 1 is 1.67 bits per heavy atom. The Hall–Kier alpha value is -1.60. The average Bonchev–Trinajstić information content (AvgIpc) is 2.48. The van der Waals surface area contributed by atoms with E-state index < -0.39 is 5.97 Å². The van der Waals surface area contributed by atoms with Gasteiger partial charge in [-0.1, -0.05) is 5.92 Å². The molecule has 1 heterocycles. The van der Waals surface area contributed by atoms with E-state index in [-0.39, 0.29) is 4.88 Å². The molecular weight excluding hydrogens is 176 g/mol. The molecule has 0 aliphatic heterocycles. The third-order valence-electron chi connectivity index (χ3n) is 1.09. The van der Waals surface area contributed by atoms with Crippen LogP contribution in [0.1, 0.15) is 15.2 Å². The van der Waals surface area contributed by atoms with Gasteiger partial charge in [-0.25, -0.2) is 4.79 Å². The number of hydrogen-bond donors (Lipinski definition) is 1. The SMILES string of the molecule is O=CC#Cc1csc(C(=O)O)c1. The largest absolute Gasteiger partial charge is 0.477 e. The average molecular weight is 180 g/mol.